The summed E-state index contributed by atoms with van der Waals surface area (Å²) >= 11 is 0. The second-order valence-electron chi connectivity index (χ2n) is 5.02. The summed E-state index contributed by atoms with van der Waals surface area (Å²) < 4.78 is 4.93. The number of aliphatic hydroxyl groups is 1. The fourth-order valence-electron chi connectivity index (χ4n) is 2.18. The molecule has 6 nitrogen and oxygen atoms in total. The molecule has 0 bridgehead atoms. The van der Waals surface area contributed by atoms with Gasteiger partial charge in [-0.05, 0) is 24.2 Å². The molecule has 1 aromatic heterocycles. The van der Waals surface area contributed by atoms with Crippen molar-refractivity contribution in [2.75, 3.05) is 20.2 Å². The summed E-state index contributed by atoms with van der Waals surface area (Å²) in [6.07, 6.45) is 2.77. The molecule has 2 aromatic rings. The average Bonchev–Trinajstić information content (AvgIpc) is 2.54. The Balaban J connectivity index is 1.98. The van der Waals surface area contributed by atoms with Crippen LogP contribution in [0.15, 0.2) is 36.7 Å². The van der Waals surface area contributed by atoms with E-state index in [0.717, 1.165) is 12.1 Å². The van der Waals surface area contributed by atoms with Crippen LogP contribution in [-0.4, -0.2) is 45.3 Å². The van der Waals surface area contributed by atoms with Crippen LogP contribution in [0.2, 0.25) is 0 Å². The normalized spacial score (nSPS) is 12.4. The molecule has 0 aliphatic carbocycles. The first-order chi connectivity index (χ1) is 10.6. The lowest BCUT2D eigenvalue weighted by molar-refractivity contribution is 0.112. The standard InChI is InChI=1S/C16H21N3O3/c1-3-19(10-12-8-17-16(22-2)18-9-12)11-15(21)13-5-4-6-14(20)7-13/h4-9,15,20-21H,3,10-11H2,1-2H3. The lowest BCUT2D eigenvalue weighted by Gasteiger charge is -2.23. The molecule has 0 spiro atoms. The molecule has 1 heterocycles. The minimum Gasteiger partial charge on any atom is -0.508 e. The number of nitrogens with zero attached hydrogens (tertiary/aromatic N) is 3. The van der Waals surface area contributed by atoms with E-state index >= 15 is 0 Å². The molecule has 0 saturated heterocycles. The molecule has 0 saturated carbocycles. The fourth-order valence-corrected chi connectivity index (χ4v) is 2.18. The van der Waals surface area contributed by atoms with Crippen molar-refractivity contribution in [1.82, 2.24) is 14.9 Å². The highest BCUT2D eigenvalue weighted by molar-refractivity contribution is 5.28. The molecule has 118 valence electrons. The maximum Gasteiger partial charge on any atom is 0.316 e. The van der Waals surface area contributed by atoms with E-state index in [1.54, 1.807) is 36.7 Å². The van der Waals surface area contributed by atoms with Crippen LogP contribution in [0.5, 0.6) is 11.8 Å². The summed E-state index contributed by atoms with van der Waals surface area (Å²) in [7, 11) is 1.53. The molecule has 0 radical (unpaired) electrons. The second kappa shape index (κ2) is 7.72. The Morgan fingerprint density at radius 1 is 1.27 bits per heavy atom. The Labute approximate surface area is 130 Å². The number of phenolic OH excluding ortho intramolecular Hbond substituents is 1. The monoisotopic (exact) mass is 303 g/mol. The highest BCUT2D eigenvalue weighted by atomic mass is 16.5. The Morgan fingerprint density at radius 2 is 2.00 bits per heavy atom. The van der Waals surface area contributed by atoms with Crippen molar-refractivity contribution in [2.24, 2.45) is 0 Å². The van der Waals surface area contributed by atoms with Crippen molar-refractivity contribution in [3.05, 3.63) is 47.8 Å². The fraction of sp³-hybridized carbons (Fsp3) is 0.375. The number of hydrogen-bond donors (Lipinski definition) is 2. The third-order valence-electron chi connectivity index (χ3n) is 3.40. The average molecular weight is 303 g/mol. The number of rotatable bonds is 7. The number of hydrogen-bond acceptors (Lipinski definition) is 6. The van der Waals surface area contributed by atoms with Gasteiger partial charge in [0.1, 0.15) is 5.75 Å². The van der Waals surface area contributed by atoms with Gasteiger partial charge in [0, 0.05) is 31.0 Å². The molecule has 1 unspecified atom stereocenters. The summed E-state index contributed by atoms with van der Waals surface area (Å²) in [6, 6.07) is 7.03. The minimum atomic E-state index is -0.661. The highest BCUT2D eigenvalue weighted by Crippen LogP contribution is 2.19. The van der Waals surface area contributed by atoms with E-state index in [0.29, 0.717) is 24.7 Å². The summed E-state index contributed by atoms with van der Waals surface area (Å²) in [4.78, 5) is 10.2. The maximum atomic E-state index is 10.3. The van der Waals surface area contributed by atoms with Gasteiger partial charge in [-0.3, -0.25) is 4.90 Å². The molecule has 6 heteroatoms. The Bertz CT molecular complexity index is 589. The highest BCUT2D eigenvalue weighted by Gasteiger charge is 2.13. The smallest absolute Gasteiger partial charge is 0.316 e. The number of aliphatic hydroxyl groups excluding tert-OH is 1. The van der Waals surface area contributed by atoms with Gasteiger partial charge in [0.2, 0.25) is 0 Å². The van der Waals surface area contributed by atoms with Crippen molar-refractivity contribution in [3.8, 4) is 11.8 Å². The van der Waals surface area contributed by atoms with Crippen LogP contribution in [0.1, 0.15) is 24.2 Å². The number of benzene rings is 1. The molecular weight excluding hydrogens is 282 g/mol. The van der Waals surface area contributed by atoms with E-state index in [2.05, 4.69) is 14.9 Å². The molecule has 0 fully saturated rings. The Kier molecular flexibility index (Phi) is 5.68. The summed E-state index contributed by atoms with van der Waals surface area (Å²) in [5.74, 6) is 0.156. The van der Waals surface area contributed by atoms with Gasteiger partial charge in [-0.1, -0.05) is 19.1 Å². The zero-order valence-electron chi connectivity index (χ0n) is 12.8. The summed E-state index contributed by atoms with van der Waals surface area (Å²) in [5.41, 5.74) is 1.65. The van der Waals surface area contributed by atoms with E-state index in [1.165, 1.54) is 7.11 Å². The molecular formula is C16H21N3O3. The molecule has 0 aliphatic rings. The molecule has 1 aromatic carbocycles. The topological polar surface area (TPSA) is 78.7 Å². The first-order valence-electron chi connectivity index (χ1n) is 7.16. The van der Waals surface area contributed by atoms with Crippen LogP contribution in [0.3, 0.4) is 0 Å². The van der Waals surface area contributed by atoms with Crippen LogP contribution in [0.25, 0.3) is 0 Å². The van der Waals surface area contributed by atoms with Crippen LogP contribution in [0, 0.1) is 0 Å². The number of aromatic hydroxyl groups is 1. The first kappa shape index (κ1) is 16.2. The van der Waals surface area contributed by atoms with Gasteiger partial charge in [0.05, 0.1) is 13.2 Å². The third-order valence-corrected chi connectivity index (χ3v) is 3.40. The molecule has 2 N–H and O–H groups in total. The number of methoxy groups -OCH3 is 1. The minimum absolute atomic E-state index is 0.156. The molecule has 0 aliphatic heterocycles. The van der Waals surface area contributed by atoms with E-state index in [9.17, 15) is 10.2 Å². The van der Waals surface area contributed by atoms with Gasteiger partial charge in [-0.2, -0.15) is 0 Å². The Morgan fingerprint density at radius 3 is 2.59 bits per heavy atom. The number of likely N-dealkylation sites (N-methyl/N-ethyl adjacent to an activating group) is 1. The van der Waals surface area contributed by atoms with Gasteiger partial charge >= 0.3 is 6.01 Å². The number of phenols is 1. The largest absolute Gasteiger partial charge is 0.508 e. The van der Waals surface area contributed by atoms with Crippen LogP contribution >= 0.6 is 0 Å². The molecule has 22 heavy (non-hydrogen) atoms. The number of aromatic nitrogens is 2. The van der Waals surface area contributed by atoms with Crippen molar-refractivity contribution >= 4 is 0 Å². The van der Waals surface area contributed by atoms with E-state index in [-0.39, 0.29) is 5.75 Å². The van der Waals surface area contributed by atoms with Crippen molar-refractivity contribution < 1.29 is 14.9 Å². The van der Waals surface area contributed by atoms with Gasteiger partial charge in [0.25, 0.3) is 0 Å². The summed E-state index contributed by atoms with van der Waals surface area (Å²) in [5, 5.41) is 19.8. The van der Waals surface area contributed by atoms with E-state index < -0.39 is 6.10 Å². The van der Waals surface area contributed by atoms with Crippen molar-refractivity contribution in [2.45, 2.75) is 19.6 Å². The molecule has 0 amide bonds. The van der Waals surface area contributed by atoms with Gasteiger partial charge in [-0.25, -0.2) is 9.97 Å². The van der Waals surface area contributed by atoms with Gasteiger partial charge < -0.3 is 14.9 Å². The predicted octanol–water partition coefficient (Wildman–Crippen LogP) is 1.75. The van der Waals surface area contributed by atoms with E-state index in [4.69, 9.17) is 4.74 Å². The number of ether oxygens (including phenoxy) is 1. The van der Waals surface area contributed by atoms with Crippen molar-refractivity contribution in [1.29, 1.82) is 0 Å². The molecule has 2 rings (SSSR count). The predicted molar refractivity (Wildman–Crippen MR) is 82.6 cm³/mol. The second-order valence-corrected chi connectivity index (χ2v) is 5.02. The quantitative estimate of drug-likeness (QED) is 0.811. The van der Waals surface area contributed by atoms with E-state index in [1.807, 2.05) is 6.92 Å². The Hall–Kier alpha value is -2.18. The van der Waals surface area contributed by atoms with Gasteiger partial charge in [-0.15, -0.1) is 0 Å². The lowest BCUT2D eigenvalue weighted by Crippen LogP contribution is -2.28. The molecule has 1 atom stereocenters. The summed E-state index contributed by atoms with van der Waals surface area (Å²) in [6.45, 7) is 3.91. The van der Waals surface area contributed by atoms with Crippen LogP contribution in [-0.2, 0) is 6.54 Å². The zero-order chi connectivity index (χ0) is 15.9. The lowest BCUT2D eigenvalue weighted by atomic mass is 10.1. The third kappa shape index (κ3) is 4.41. The first-order valence-corrected chi connectivity index (χ1v) is 7.16. The van der Waals surface area contributed by atoms with Crippen molar-refractivity contribution in [3.63, 3.8) is 0 Å². The van der Waals surface area contributed by atoms with Crippen LogP contribution in [0.4, 0.5) is 0 Å². The van der Waals surface area contributed by atoms with Gasteiger partial charge in [0.15, 0.2) is 0 Å². The van der Waals surface area contributed by atoms with Crippen LogP contribution < -0.4 is 4.74 Å². The maximum absolute atomic E-state index is 10.3. The SMILES string of the molecule is CCN(Cc1cnc(OC)nc1)CC(O)c1cccc(O)c1. The zero-order valence-corrected chi connectivity index (χ0v) is 12.8.